The first-order valence-electron chi connectivity index (χ1n) is 10.4. The number of Topliss-reactive ketones (excluding diaryl/α,β-unsaturated/α-hetero) is 1. The second-order valence-corrected chi connectivity index (χ2v) is 9.16. The van der Waals surface area contributed by atoms with Gasteiger partial charge < -0.3 is 4.57 Å². The lowest BCUT2D eigenvalue weighted by Gasteiger charge is -2.21. The third kappa shape index (κ3) is 4.68. The number of aromatic nitrogens is 5. The Morgan fingerprint density at radius 1 is 1.22 bits per heavy atom. The van der Waals surface area contributed by atoms with Crippen LogP contribution in [0.25, 0.3) is 11.4 Å². The number of hydrogen-bond donors (Lipinski definition) is 1. The summed E-state index contributed by atoms with van der Waals surface area (Å²) in [5.41, 5.74) is 2.82. The van der Waals surface area contributed by atoms with Gasteiger partial charge in [-0.1, -0.05) is 30.3 Å². The molecule has 0 unspecified atom stereocenters. The van der Waals surface area contributed by atoms with Gasteiger partial charge in [0.25, 0.3) is 0 Å². The van der Waals surface area contributed by atoms with E-state index in [1.807, 2.05) is 30.5 Å². The van der Waals surface area contributed by atoms with Gasteiger partial charge in [0.1, 0.15) is 0 Å². The van der Waals surface area contributed by atoms with Crippen LogP contribution in [-0.4, -0.2) is 42.2 Å². The fourth-order valence-corrected chi connectivity index (χ4v) is 4.73. The van der Waals surface area contributed by atoms with E-state index in [9.17, 15) is 9.59 Å². The number of carbonyl (C=O) groups is 2. The molecule has 166 valence electrons. The van der Waals surface area contributed by atoms with Gasteiger partial charge in [-0.05, 0) is 50.5 Å². The topological polar surface area (TPSA) is 103 Å². The summed E-state index contributed by atoms with van der Waals surface area (Å²) in [7, 11) is 0. The van der Waals surface area contributed by atoms with Gasteiger partial charge in [0.05, 0.1) is 22.7 Å². The van der Waals surface area contributed by atoms with Crippen molar-refractivity contribution in [2.45, 2.75) is 45.3 Å². The fraction of sp³-hybridized carbons (Fsp3) is 0.364. The van der Waals surface area contributed by atoms with Gasteiger partial charge in [-0.2, -0.15) is 0 Å². The lowest BCUT2D eigenvalue weighted by Crippen LogP contribution is -2.24. The lowest BCUT2D eigenvalue weighted by molar-refractivity contribution is -0.113. The molecule has 1 N–H and O–H groups in total. The Morgan fingerprint density at radius 2 is 1.97 bits per heavy atom. The van der Waals surface area contributed by atoms with Crippen LogP contribution < -0.4 is 5.32 Å². The molecule has 0 fully saturated rings. The Labute approximate surface area is 195 Å². The van der Waals surface area contributed by atoms with Gasteiger partial charge >= 0.3 is 0 Å². The van der Waals surface area contributed by atoms with Crippen molar-refractivity contribution in [1.82, 2.24) is 24.7 Å². The molecule has 4 rings (SSSR count). The van der Waals surface area contributed by atoms with Gasteiger partial charge in [0.15, 0.2) is 16.8 Å². The lowest BCUT2D eigenvalue weighted by atomic mass is 9.86. The highest BCUT2D eigenvalue weighted by atomic mass is 35.5. The average molecular weight is 471 g/mol. The molecule has 1 amide bonds. The number of hydrogen-bond acceptors (Lipinski definition) is 7. The molecule has 0 aliphatic heterocycles. The first-order chi connectivity index (χ1) is 15.4. The minimum atomic E-state index is -0.247. The number of thioether (sulfide) groups is 1. The summed E-state index contributed by atoms with van der Waals surface area (Å²) in [5, 5.41) is 12.6. The number of nitrogens with zero attached hydrogens (tertiary/aromatic N) is 5. The Balaban J connectivity index is 1.45. The van der Waals surface area contributed by atoms with Crippen LogP contribution in [0.5, 0.6) is 0 Å². The summed E-state index contributed by atoms with van der Waals surface area (Å²) < 4.78 is 1.95. The largest absolute Gasteiger partial charge is 0.302 e. The van der Waals surface area contributed by atoms with Gasteiger partial charge in [-0.25, -0.2) is 9.97 Å². The van der Waals surface area contributed by atoms with E-state index in [1.54, 1.807) is 19.1 Å². The Morgan fingerprint density at radius 3 is 2.69 bits per heavy atom. The molecule has 0 radical (unpaired) electrons. The van der Waals surface area contributed by atoms with Crippen molar-refractivity contribution in [2.24, 2.45) is 5.92 Å². The molecule has 1 aromatic carbocycles. The minimum Gasteiger partial charge on any atom is -0.302 e. The second-order valence-electron chi connectivity index (χ2n) is 7.79. The first-order valence-corrected chi connectivity index (χ1v) is 11.7. The Hall–Kier alpha value is -2.78. The number of rotatable bonds is 6. The van der Waals surface area contributed by atoms with Gasteiger partial charge in [-0.3, -0.25) is 14.9 Å². The van der Waals surface area contributed by atoms with E-state index in [1.165, 1.54) is 11.8 Å². The van der Waals surface area contributed by atoms with E-state index < -0.39 is 0 Å². The predicted octanol–water partition coefficient (Wildman–Crippen LogP) is 4.21. The Bertz CT molecular complexity index is 1180. The van der Waals surface area contributed by atoms with Crippen molar-refractivity contribution < 1.29 is 9.59 Å². The number of aryl methyl sites for hydroxylation is 1. The Kier molecular flexibility index (Phi) is 6.57. The molecular formula is C22H23ClN6O2S. The van der Waals surface area contributed by atoms with Crippen molar-refractivity contribution in [3.63, 3.8) is 0 Å². The number of fused-ring (bicyclic) bond motifs is 1. The molecule has 2 aromatic heterocycles. The van der Waals surface area contributed by atoms with Gasteiger partial charge in [0.2, 0.25) is 11.9 Å². The van der Waals surface area contributed by atoms with E-state index in [2.05, 4.69) is 25.5 Å². The van der Waals surface area contributed by atoms with Crippen LogP contribution in [0, 0.1) is 12.8 Å². The average Bonchev–Trinajstić information content (AvgIpc) is 3.15. The smallest absolute Gasteiger partial charge is 0.237 e. The molecule has 32 heavy (non-hydrogen) atoms. The van der Waals surface area contributed by atoms with E-state index in [0.29, 0.717) is 46.5 Å². The maximum Gasteiger partial charge on any atom is 0.237 e. The number of ketones is 1. The zero-order chi connectivity index (χ0) is 22.8. The highest BCUT2D eigenvalue weighted by Gasteiger charge is 2.27. The van der Waals surface area contributed by atoms with E-state index in [4.69, 9.17) is 11.6 Å². The van der Waals surface area contributed by atoms with Gasteiger partial charge in [-0.15, -0.1) is 10.2 Å². The van der Waals surface area contributed by atoms with Crippen LogP contribution in [0.4, 0.5) is 5.95 Å². The third-order valence-corrected chi connectivity index (χ3v) is 6.46. The molecule has 1 atom stereocenters. The molecule has 10 heteroatoms. The number of anilines is 1. The molecule has 1 aliphatic carbocycles. The quantitative estimate of drug-likeness (QED) is 0.538. The van der Waals surface area contributed by atoms with Crippen LogP contribution in [-0.2, 0) is 17.8 Å². The SMILES string of the molecule is CCn1c(SCC(=O)Nc2nc(C)c3c(n2)C[C@@H](C)CC3=O)nnc1-c1ccc(Cl)cc1. The van der Waals surface area contributed by atoms with Crippen molar-refractivity contribution in [2.75, 3.05) is 11.1 Å². The fourth-order valence-electron chi connectivity index (χ4n) is 3.80. The highest BCUT2D eigenvalue weighted by molar-refractivity contribution is 7.99. The molecule has 0 saturated heterocycles. The summed E-state index contributed by atoms with van der Waals surface area (Å²) in [4.78, 5) is 33.6. The van der Waals surface area contributed by atoms with E-state index >= 15 is 0 Å². The van der Waals surface area contributed by atoms with Crippen LogP contribution in [0.2, 0.25) is 5.02 Å². The monoisotopic (exact) mass is 470 g/mol. The maximum atomic E-state index is 12.6. The molecule has 0 spiro atoms. The minimum absolute atomic E-state index is 0.0695. The normalized spacial score (nSPS) is 15.5. The summed E-state index contributed by atoms with van der Waals surface area (Å²) >= 11 is 7.27. The van der Waals surface area contributed by atoms with E-state index in [-0.39, 0.29) is 29.3 Å². The van der Waals surface area contributed by atoms with Crippen molar-refractivity contribution in [3.8, 4) is 11.4 Å². The van der Waals surface area contributed by atoms with Crippen LogP contribution in [0.3, 0.4) is 0 Å². The summed E-state index contributed by atoms with van der Waals surface area (Å²) in [6.07, 6.45) is 1.21. The summed E-state index contributed by atoms with van der Waals surface area (Å²) in [5.74, 6) is 1.14. The second kappa shape index (κ2) is 9.38. The first kappa shape index (κ1) is 22.4. The zero-order valence-corrected chi connectivity index (χ0v) is 19.6. The van der Waals surface area contributed by atoms with Crippen molar-refractivity contribution in [1.29, 1.82) is 0 Å². The molecule has 2 heterocycles. The predicted molar refractivity (Wildman–Crippen MR) is 124 cm³/mol. The highest BCUT2D eigenvalue weighted by Crippen LogP contribution is 2.27. The van der Waals surface area contributed by atoms with Crippen molar-refractivity contribution >= 4 is 41.0 Å². The molecule has 3 aromatic rings. The standard InChI is InChI=1S/C22H23ClN6O2S/c1-4-29-20(14-5-7-15(23)8-6-14)27-28-22(29)32-11-18(31)26-21-24-13(3)19-16(25-21)9-12(2)10-17(19)30/h5-8,12H,4,9-11H2,1-3H3,(H,24,25,26,31)/t12-/m1/s1. The molecule has 1 aliphatic rings. The number of amides is 1. The van der Waals surface area contributed by atoms with Gasteiger partial charge in [0, 0.05) is 23.6 Å². The number of nitrogens with one attached hydrogen (secondary N) is 1. The molecular weight excluding hydrogens is 448 g/mol. The van der Waals surface area contributed by atoms with Crippen LogP contribution in [0.15, 0.2) is 29.4 Å². The summed E-state index contributed by atoms with van der Waals surface area (Å²) in [6.45, 7) is 6.46. The maximum absolute atomic E-state index is 12.6. The number of halogens is 1. The van der Waals surface area contributed by atoms with Crippen molar-refractivity contribution in [3.05, 3.63) is 46.2 Å². The summed E-state index contributed by atoms with van der Waals surface area (Å²) in [6, 6.07) is 7.39. The third-order valence-electron chi connectivity index (χ3n) is 5.24. The molecule has 0 saturated carbocycles. The van der Waals surface area contributed by atoms with E-state index in [0.717, 1.165) is 11.4 Å². The number of carbonyl (C=O) groups excluding carboxylic acids is 2. The molecule has 8 nitrogen and oxygen atoms in total. The number of benzene rings is 1. The van der Waals surface area contributed by atoms with Crippen LogP contribution in [0.1, 0.15) is 42.0 Å². The van der Waals surface area contributed by atoms with Crippen LogP contribution >= 0.6 is 23.4 Å². The zero-order valence-electron chi connectivity index (χ0n) is 18.1. The molecule has 0 bridgehead atoms.